The summed E-state index contributed by atoms with van der Waals surface area (Å²) in [5, 5.41) is 4.44. The van der Waals surface area contributed by atoms with E-state index in [0.717, 1.165) is 21.3 Å². The average molecular weight is 460 g/mol. The Morgan fingerprint density at radius 1 is 1.00 bits per heavy atom. The molecule has 0 atom stereocenters. The van der Waals surface area contributed by atoms with Crippen LogP contribution in [0.5, 0.6) is 11.5 Å². The normalized spacial score (nSPS) is 13.7. The molecule has 0 saturated heterocycles. The van der Waals surface area contributed by atoms with Crippen LogP contribution in [0.25, 0.3) is 10.1 Å². The minimum Gasteiger partial charge on any atom is -0.455 e. The Hall–Kier alpha value is -3.18. The van der Waals surface area contributed by atoms with Gasteiger partial charge in [-0.3, -0.25) is 4.79 Å². The van der Waals surface area contributed by atoms with Crippen molar-refractivity contribution < 1.29 is 13.9 Å². The molecule has 5 heteroatoms. The summed E-state index contributed by atoms with van der Waals surface area (Å²) in [4.78, 5) is 14.2. The maximum Gasteiger partial charge on any atom is 0.207 e. The molecule has 0 spiro atoms. The molecule has 1 fully saturated rings. The summed E-state index contributed by atoms with van der Waals surface area (Å²) in [7, 11) is 0. The van der Waals surface area contributed by atoms with Crippen molar-refractivity contribution in [2.75, 3.05) is 5.32 Å². The van der Waals surface area contributed by atoms with E-state index >= 15 is 0 Å². The number of carbonyl (C=O) groups excluding carboxylic acids is 1. The van der Waals surface area contributed by atoms with Crippen LogP contribution in [0.1, 0.15) is 51.2 Å². The number of thiophene rings is 1. The number of fused-ring (bicyclic) bond motifs is 1. The summed E-state index contributed by atoms with van der Waals surface area (Å²) in [6.07, 6.45) is 3.71. The maximum atomic E-state index is 13.9. The third-order valence-electron chi connectivity index (χ3n) is 6.28. The third-order valence-corrected chi connectivity index (χ3v) is 7.41. The van der Waals surface area contributed by atoms with Crippen LogP contribution in [0.2, 0.25) is 0 Å². The highest BCUT2D eigenvalue weighted by molar-refractivity contribution is 7.21. The first-order valence-corrected chi connectivity index (χ1v) is 12.1. The van der Waals surface area contributed by atoms with Gasteiger partial charge >= 0.3 is 0 Å². The van der Waals surface area contributed by atoms with Gasteiger partial charge in [0.25, 0.3) is 0 Å². The van der Waals surface area contributed by atoms with Gasteiger partial charge in [-0.2, -0.15) is 0 Å². The Morgan fingerprint density at radius 3 is 2.33 bits per heavy atom. The topological polar surface area (TPSA) is 38.3 Å². The standard InChI is InChI=1S/C28H26FNO2S/c1-16-7-12-23-24(13-16)33-28(26(31)25-17(2)14-19(29)15-18(25)3)27(23)32-22-10-8-21(9-11-22)30-20-5-4-6-20/h7-15,20,30H,4-6H2,1-3H3. The van der Waals surface area contributed by atoms with Crippen LogP contribution < -0.4 is 10.1 Å². The van der Waals surface area contributed by atoms with E-state index in [1.54, 1.807) is 13.8 Å². The van der Waals surface area contributed by atoms with Gasteiger partial charge in [-0.25, -0.2) is 4.39 Å². The number of carbonyl (C=O) groups is 1. The minimum atomic E-state index is -0.333. The summed E-state index contributed by atoms with van der Waals surface area (Å²) in [6, 6.07) is 17.4. The number of ketones is 1. The van der Waals surface area contributed by atoms with Gasteiger partial charge in [-0.1, -0.05) is 6.07 Å². The Kier molecular flexibility index (Phi) is 5.67. The molecule has 1 saturated carbocycles. The van der Waals surface area contributed by atoms with Gasteiger partial charge in [0.2, 0.25) is 5.78 Å². The summed E-state index contributed by atoms with van der Waals surface area (Å²) in [6.45, 7) is 5.58. The van der Waals surface area contributed by atoms with Crippen molar-refractivity contribution in [1.29, 1.82) is 0 Å². The zero-order valence-electron chi connectivity index (χ0n) is 19.0. The lowest BCUT2D eigenvalue weighted by Gasteiger charge is -2.27. The van der Waals surface area contributed by atoms with E-state index in [4.69, 9.17) is 4.74 Å². The van der Waals surface area contributed by atoms with E-state index in [2.05, 4.69) is 11.4 Å². The fourth-order valence-corrected chi connectivity index (χ4v) is 5.51. The van der Waals surface area contributed by atoms with Crippen LogP contribution in [0.15, 0.2) is 54.6 Å². The Labute approximate surface area is 197 Å². The first kappa shape index (κ1) is 21.7. The molecule has 1 aromatic heterocycles. The van der Waals surface area contributed by atoms with Crippen molar-refractivity contribution in [2.45, 2.75) is 46.1 Å². The van der Waals surface area contributed by atoms with Gasteiger partial charge in [-0.05, 0) is 105 Å². The number of nitrogens with one attached hydrogen (secondary N) is 1. The maximum absolute atomic E-state index is 13.9. The fraction of sp³-hybridized carbons (Fsp3) is 0.250. The van der Waals surface area contributed by atoms with E-state index in [0.29, 0.717) is 39.1 Å². The van der Waals surface area contributed by atoms with Gasteiger partial charge in [0.05, 0.1) is 0 Å². The first-order chi connectivity index (χ1) is 15.9. The largest absolute Gasteiger partial charge is 0.455 e. The molecule has 168 valence electrons. The van der Waals surface area contributed by atoms with Crippen molar-refractivity contribution in [2.24, 2.45) is 0 Å². The van der Waals surface area contributed by atoms with Crippen LogP contribution in [0, 0.1) is 26.6 Å². The second kappa shape index (κ2) is 8.64. The van der Waals surface area contributed by atoms with Crippen LogP contribution in [0.3, 0.4) is 0 Å². The van der Waals surface area contributed by atoms with Gasteiger partial charge in [0.15, 0.2) is 5.75 Å². The first-order valence-electron chi connectivity index (χ1n) is 11.3. The Morgan fingerprint density at radius 2 is 1.70 bits per heavy atom. The molecule has 0 radical (unpaired) electrons. The van der Waals surface area contributed by atoms with Crippen LogP contribution in [-0.4, -0.2) is 11.8 Å². The number of rotatable bonds is 6. The predicted molar refractivity (Wildman–Crippen MR) is 134 cm³/mol. The molecule has 1 heterocycles. The highest BCUT2D eigenvalue weighted by atomic mass is 32.1. The number of anilines is 1. The van der Waals surface area contributed by atoms with Crippen molar-refractivity contribution >= 4 is 32.9 Å². The van der Waals surface area contributed by atoms with Gasteiger partial charge < -0.3 is 10.1 Å². The lowest BCUT2D eigenvalue weighted by Crippen LogP contribution is -2.26. The fourth-order valence-electron chi connectivity index (χ4n) is 4.34. The molecule has 5 rings (SSSR count). The number of benzene rings is 3. The van der Waals surface area contributed by atoms with E-state index in [9.17, 15) is 9.18 Å². The molecular weight excluding hydrogens is 433 g/mol. The number of halogens is 1. The monoisotopic (exact) mass is 459 g/mol. The van der Waals surface area contributed by atoms with Crippen molar-refractivity contribution in [3.63, 3.8) is 0 Å². The van der Waals surface area contributed by atoms with Gasteiger partial charge in [-0.15, -0.1) is 11.3 Å². The minimum absolute atomic E-state index is 0.137. The summed E-state index contributed by atoms with van der Waals surface area (Å²) >= 11 is 1.42. The number of aryl methyl sites for hydroxylation is 3. The number of hydrogen-bond donors (Lipinski definition) is 1. The highest BCUT2D eigenvalue weighted by Crippen LogP contribution is 2.42. The Balaban J connectivity index is 1.54. The molecule has 0 bridgehead atoms. The van der Waals surface area contributed by atoms with Crippen LogP contribution in [0.4, 0.5) is 10.1 Å². The molecule has 1 aliphatic rings. The molecule has 4 aromatic rings. The molecule has 3 aromatic carbocycles. The van der Waals surface area contributed by atoms with Crippen molar-refractivity contribution in [3.05, 3.63) is 87.5 Å². The quantitative estimate of drug-likeness (QED) is 0.297. The molecule has 3 nitrogen and oxygen atoms in total. The molecule has 1 N–H and O–H groups in total. The number of hydrogen-bond acceptors (Lipinski definition) is 4. The van der Waals surface area contributed by atoms with Gasteiger partial charge in [0, 0.05) is 27.4 Å². The van der Waals surface area contributed by atoms with E-state index < -0.39 is 0 Å². The number of ether oxygens (including phenoxy) is 1. The lowest BCUT2D eigenvalue weighted by molar-refractivity contribution is 0.103. The van der Waals surface area contributed by atoms with Crippen LogP contribution in [-0.2, 0) is 0 Å². The van der Waals surface area contributed by atoms with Crippen LogP contribution >= 0.6 is 11.3 Å². The zero-order valence-corrected chi connectivity index (χ0v) is 19.8. The van der Waals surface area contributed by atoms with E-state index in [1.165, 1.54) is 42.7 Å². The second-order valence-corrected chi connectivity index (χ2v) is 9.95. The Bertz CT molecular complexity index is 1330. The molecule has 0 unspecified atom stereocenters. The second-order valence-electron chi connectivity index (χ2n) is 8.90. The molecular formula is C28H26FNO2S. The molecule has 33 heavy (non-hydrogen) atoms. The van der Waals surface area contributed by atoms with Crippen molar-refractivity contribution in [1.82, 2.24) is 0 Å². The zero-order chi connectivity index (χ0) is 23.1. The smallest absolute Gasteiger partial charge is 0.207 e. The summed E-state index contributed by atoms with van der Waals surface area (Å²) in [5.74, 6) is 0.765. The van der Waals surface area contributed by atoms with E-state index in [-0.39, 0.29) is 11.6 Å². The van der Waals surface area contributed by atoms with Crippen molar-refractivity contribution in [3.8, 4) is 11.5 Å². The average Bonchev–Trinajstić information content (AvgIpc) is 3.08. The third kappa shape index (κ3) is 4.25. The summed E-state index contributed by atoms with van der Waals surface area (Å²) < 4.78 is 21.2. The molecule has 0 aliphatic heterocycles. The lowest BCUT2D eigenvalue weighted by atomic mass is 9.93. The summed E-state index contributed by atoms with van der Waals surface area (Å²) in [5.41, 5.74) is 3.98. The van der Waals surface area contributed by atoms with E-state index in [1.807, 2.05) is 43.3 Å². The molecule has 1 aliphatic carbocycles. The predicted octanol–water partition coefficient (Wildman–Crippen LogP) is 7.95. The molecule has 0 amide bonds. The van der Waals surface area contributed by atoms with Gasteiger partial charge in [0.1, 0.15) is 16.4 Å². The highest BCUT2D eigenvalue weighted by Gasteiger charge is 2.25. The SMILES string of the molecule is Cc1ccc2c(Oc3ccc(NC4CCC4)cc3)c(C(=O)c3c(C)cc(F)cc3C)sc2c1.